The lowest BCUT2D eigenvalue weighted by atomic mass is 10.2. The van der Waals surface area contributed by atoms with Crippen molar-refractivity contribution >= 4 is 10.8 Å². The fourth-order valence-corrected chi connectivity index (χ4v) is 3.77. The van der Waals surface area contributed by atoms with Crippen LogP contribution in [0.25, 0.3) is 0 Å². The van der Waals surface area contributed by atoms with Crippen molar-refractivity contribution in [3.05, 3.63) is 29.6 Å². The normalized spacial score (nSPS) is 18.8. The maximum absolute atomic E-state index is 12.1. The molecule has 0 aromatic carbocycles. The zero-order valence-corrected chi connectivity index (χ0v) is 10.2. The Morgan fingerprint density at radius 2 is 2.19 bits per heavy atom. The number of hydrogen-bond donors (Lipinski definition) is 1. The minimum absolute atomic E-state index is 0.412. The number of pyridine rings is 1. The Bertz CT molecular complexity index is 375. The molecule has 1 saturated carbocycles. The first-order valence-corrected chi connectivity index (χ1v) is 7.19. The summed E-state index contributed by atoms with van der Waals surface area (Å²) in [5.41, 5.74) is 7.51. The maximum Gasteiger partial charge on any atom is 0.0542 e. The zero-order valence-electron chi connectivity index (χ0n) is 9.39. The first kappa shape index (κ1) is 11.7. The van der Waals surface area contributed by atoms with Crippen molar-refractivity contribution in [2.24, 2.45) is 5.73 Å². The second-order valence-electron chi connectivity index (χ2n) is 4.29. The van der Waals surface area contributed by atoms with Crippen LogP contribution in [0.1, 0.15) is 36.9 Å². The summed E-state index contributed by atoms with van der Waals surface area (Å²) in [6.07, 6.45) is 6.48. The van der Waals surface area contributed by atoms with Crippen molar-refractivity contribution in [3.8, 4) is 0 Å². The third-order valence-corrected chi connectivity index (χ3v) is 4.91. The topological polar surface area (TPSA) is 56.0 Å². The van der Waals surface area contributed by atoms with Crippen LogP contribution in [0.4, 0.5) is 0 Å². The van der Waals surface area contributed by atoms with Gasteiger partial charge in [-0.3, -0.25) is 9.19 Å². The molecule has 4 heteroatoms. The van der Waals surface area contributed by atoms with Gasteiger partial charge in [0.1, 0.15) is 0 Å². The molecular formula is C12H18N2OS. The molecule has 88 valence electrons. The average molecular weight is 238 g/mol. The molecule has 0 radical (unpaired) electrons. The van der Waals surface area contributed by atoms with Crippen LogP contribution < -0.4 is 5.73 Å². The molecule has 1 unspecified atom stereocenters. The molecule has 0 bridgehead atoms. The summed E-state index contributed by atoms with van der Waals surface area (Å²) in [6.45, 7) is 0.448. The molecule has 16 heavy (non-hydrogen) atoms. The molecule has 2 rings (SSSR count). The second-order valence-corrected chi connectivity index (χ2v) is 6.01. The lowest BCUT2D eigenvalue weighted by molar-refractivity contribution is 0.668. The van der Waals surface area contributed by atoms with Crippen molar-refractivity contribution in [3.63, 3.8) is 0 Å². The summed E-state index contributed by atoms with van der Waals surface area (Å²) < 4.78 is 12.1. The molecule has 1 aromatic rings. The van der Waals surface area contributed by atoms with Crippen molar-refractivity contribution < 1.29 is 4.21 Å². The highest BCUT2D eigenvalue weighted by atomic mass is 32.2. The van der Waals surface area contributed by atoms with Gasteiger partial charge in [-0.2, -0.15) is 0 Å². The molecule has 3 nitrogen and oxygen atoms in total. The fourth-order valence-electron chi connectivity index (χ4n) is 2.16. The first-order valence-electron chi connectivity index (χ1n) is 5.80. The standard InChI is InChI=1S/C12H18N2OS/c13-8-11-7-10(5-6-14-11)9-16(15)12-3-1-2-4-12/h5-7,12H,1-4,8-9,13H2. The van der Waals surface area contributed by atoms with Gasteiger partial charge in [-0.15, -0.1) is 0 Å². The van der Waals surface area contributed by atoms with Crippen LogP contribution in [0, 0.1) is 0 Å². The van der Waals surface area contributed by atoms with Crippen LogP contribution in [-0.4, -0.2) is 14.4 Å². The number of nitrogens with two attached hydrogens (primary N) is 1. The second kappa shape index (κ2) is 5.55. The maximum atomic E-state index is 12.1. The Morgan fingerprint density at radius 1 is 1.44 bits per heavy atom. The van der Waals surface area contributed by atoms with Crippen molar-refractivity contribution in [1.82, 2.24) is 4.98 Å². The van der Waals surface area contributed by atoms with E-state index in [1.807, 2.05) is 12.1 Å². The van der Waals surface area contributed by atoms with Crippen LogP contribution >= 0.6 is 0 Å². The number of nitrogens with zero attached hydrogens (tertiary/aromatic N) is 1. The highest BCUT2D eigenvalue weighted by Gasteiger charge is 2.21. The van der Waals surface area contributed by atoms with Crippen molar-refractivity contribution in [2.45, 2.75) is 43.2 Å². The largest absolute Gasteiger partial charge is 0.325 e. The number of rotatable bonds is 4. The molecule has 0 spiro atoms. The van der Waals surface area contributed by atoms with E-state index in [0.717, 1.165) is 24.1 Å². The van der Waals surface area contributed by atoms with Gasteiger partial charge >= 0.3 is 0 Å². The number of aromatic nitrogens is 1. The van der Waals surface area contributed by atoms with E-state index < -0.39 is 10.8 Å². The third-order valence-electron chi connectivity index (χ3n) is 3.07. The Kier molecular flexibility index (Phi) is 4.07. The molecule has 0 amide bonds. The van der Waals surface area contributed by atoms with Gasteiger partial charge in [0.25, 0.3) is 0 Å². The average Bonchev–Trinajstić information content (AvgIpc) is 2.83. The van der Waals surface area contributed by atoms with Crippen LogP contribution in [0.15, 0.2) is 18.3 Å². The van der Waals surface area contributed by atoms with Crippen LogP contribution in [0.2, 0.25) is 0 Å². The molecule has 1 fully saturated rings. The fraction of sp³-hybridized carbons (Fsp3) is 0.583. The minimum Gasteiger partial charge on any atom is -0.325 e. The monoisotopic (exact) mass is 238 g/mol. The first-order chi connectivity index (χ1) is 7.79. The molecule has 1 aliphatic carbocycles. The van der Waals surface area contributed by atoms with Gasteiger partial charge < -0.3 is 5.73 Å². The van der Waals surface area contributed by atoms with E-state index in [4.69, 9.17) is 5.73 Å². The van der Waals surface area contributed by atoms with Gasteiger partial charge in [0, 0.05) is 34.5 Å². The highest BCUT2D eigenvalue weighted by molar-refractivity contribution is 7.84. The van der Waals surface area contributed by atoms with E-state index >= 15 is 0 Å². The van der Waals surface area contributed by atoms with Gasteiger partial charge in [-0.25, -0.2) is 0 Å². The summed E-state index contributed by atoms with van der Waals surface area (Å²) in [7, 11) is -0.725. The Morgan fingerprint density at radius 3 is 2.88 bits per heavy atom. The predicted octanol–water partition coefficient (Wildman–Crippen LogP) is 1.73. The Hall–Kier alpha value is -0.740. The number of hydrogen-bond acceptors (Lipinski definition) is 3. The summed E-state index contributed by atoms with van der Waals surface area (Å²) in [5.74, 6) is 0.653. The zero-order chi connectivity index (χ0) is 11.4. The Labute approximate surface area is 98.9 Å². The van der Waals surface area contributed by atoms with Gasteiger partial charge in [0.2, 0.25) is 0 Å². The molecule has 1 aliphatic rings. The smallest absolute Gasteiger partial charge is 0.0542 e. The highest BCUT2D eigenvalue weighted by Crippen LogP contribution is 2.24. The van der Waals surface area contributed by atoms with Crippen LogP contribution in [0.5, 0.6) is 0 Å². The molecule has 0 saturated heterocycles. The molecular weight excluding hydrogens is 220 g/mol. The predicted molar refractivity (Wildman–Crippen MR) is 66.2 cm³/mol. The SMILES string of the molecule is NCc1cc(CS(=O)C2CCCC2)ccn1. The summed E-state index contributed by atoms with van der Waals surface area (Å²) in [4.78, 5) is 4.14. The molecule has 1 atom stereocenters. The molecule has 2 N–H and O–H groups in total. The van der Waals surface area contributed by atoms with E-state index in [2.05, 4.69) is 4.98 Å². The van der Waals surface area contributed by atoms with E-state index in [1.165, 1.54) is 12.8 Å². The van der Waals surface area contributed by atoms with Gasteiger partial charge in [0.05, 0.1) is 5.69 Å². The summed E-state index contributed by atoms with van der Waals surface area (Å²) in [6, 6.07) is 3.90. The van der Waals surface area contributed by atoms with Crippen LogP contribution in [0.3, 0.4) is 0 Å². The minimum atomic E-state index is -0.725. The lowest BCUT2D eigenvalue weighted by Gasteiger charge is -2.09. The van der Waals surface area contributed by atoms with E-state index in [9.17, 15) is 4.21 Å². The van der Waals surface area contributed by atoms with Crippen molar-refractivity contribution in [1.29, 1.82) is 0 Å². The van der Waals surface area contributed by atoms with E-state index in [1.54, 1.807) is 6.20 Å². The molecule has 1 aromatic heterocycles. The van der Waals surface area contributed by atoms with Crippen LogP contribution in [-0.2, 0) is 23.1 Å². The van der Waals surface area contributed by atoms with Gasteiger partial charge in [-0.1, -0.05) is 12.8 Å². The quantitative estimate of drug-likeness (QED) is 0.869. The van der Waals surface area contributed by atoms with Gasteiger partial charge in [-0.05, 0) is 30.5 Å². The Balaban J connectivity index is 1.99. The third kappa shape index (κ3) is 2.89. The molecule has 1 heterocycles. The summed E-state index contributed by atoms with van der Waals surface area (Å²) >= 11 is 0. The lowest BCUT2D eigenvalue weighted by Crippen LogP contribution is -2.12. The molecule has 0 aliphatic heterocycles. The summed E-state index contributed by atoms with van der Waals surface area (Å²) in [5, 5.41) is 0.412. The van der Waals surface area contributed by atoms with E-state index in [0.29, 0.717) is 17.5 Å². The van der Waals surface area contributed by atoms with Gasteiger partial charge in [0.15, 0.2) is 0 Å². The van der Waals surface area contributed by atoms with E-state index in [-0.39, 0.29) is 0 Å². The van der Waals surface area contributed by atoms with Crippen molar-refractivity contribution in [2.75, 3.05) is 0 Å².